The smallest absolute Gasteiger partial charge is 0.0578 e. The van der Waals surface area contributed by atoms with Gasteiger partial charge in [0.25, 0.3) is 0 Å². The van der Waals surface area contributed by atoms with Crippen molar-refractivity contribution in [1.29, 1.82) is 0 Å². The molecule has 0 aromatic heterocycles. The van der Waals surface area contributed by atoms with Crippen LogP contribution in [0.15, 0.2) is 0 Å². The summed E-state index contributed by atoms with van der Waals surface area (Å²) in [7, 11) is 1.79. The molecule has 2 aliphatic rings. The van der Waals surface area contributed by atoms with Gasteiger partial charge in [0.05, 0.1) is 6.10 Å². The third-order valence-electron chi connectivity index (χ3n) is 2.80. The van der Waals surface area contributed by atoms with Crippen LogP contribution in [0.25, 0.3) is 0 Å². The fourth-order valence-electron chi connectivity index (χ4n) is 2.03. The number of rotatable bonds is 1. The lowest BCUT2D eigenvalue weighted by molar-refractivity contribution is 0.0966. The minimum absolute atomic E-state index is 0.524. The van der Waals surface area contributed by atoms with Gasteiger partial charge in [-0.25, -0.2) is 0 Å². The van der Waals surface area contributed by atoms with Gasteiger partial charge in [0.1, 0.15) is 0 Å². The van der Waals surface area contributed by atoms with Crippen LogP contribution >= 0.6 is 0 Å². The Bertz CT molecular complexity index is 114. The molecular weight excluding hydrogens is 114 g/mol. The van der Waals surface area contributed by atoms with Crippen LogP contribution in [0.2, 0.25) is 0 Å². The number of hydrogen-bond acceptors (Lipinski definition) is 2. The Morgan fingerprint density at radius 3 is 2.33 bits per heavy atom. The molecule has 0 saturated heterocycles. The van der Waals surface area contributed by atoms with Crippen LogP contribution in [0.4, 0.5) is 0 Å². The Kier molecular flexibility index (Phi) is 1.08. The van der Waals surface area contributed by atoms with Gasteiger partial charge in [0, 0.05) is 13.2 Å². The van der Waals surface area contributed by atoms with Crippen molar-refractivity contribution in [2.75, 3.05) is 7.11 Å². The molecule has 0 radical (unpaired) electrons. The molecule has 0 bridgehead atoms. The second-order valence-corrected chi connectivity index (χ2v) is 3.23. The first kappa shape index (κ1) is 5.69. The highest BCUT2D eigenvalue weighted by Gasteiger charge is 2.53. The minimum atomic E-state index is 0.524. The van der Waals surface area contributed by atoms with Crippen molar-refractivity contribution in [3.05, 3.63) is 0 Å². The SMILES string of the molecule is COC1C[C@@H]2C(N)[C@@H]2C1. The van der Waals surface area contributed by atoms with Gasteiger partial charge in [-0.1, -0.05) is 0 Å². The summed E-state index contributed by atoms with van der Waals surface area (Å²) in [5.74, 6) is 1.63. The van der Waals surface area contributed by atoms with Crippen molar-refractivity contribution in [1.82, 2.24) is 0 Å². The largest absolute Gasteiger partial charge is 0.381 e. The lowest BCUT2D eigenvalue weighted by Crippen LogP contribution is -2.15. The normalized spacial score (nSPS) is 55.3. The van der Waals surface area contributed by atoms with E-state index in [1.54, 1.807) is 7.11 Å². The Morgan fingerprint density at radius 1 is 1.33 bits per heavy atom. The predicted octanol–water partition coefficient (Wildman–Crippen LogP) is 0.368. The molecule has 4 atom stereocenters. The van der Waals surface area contributed by atoms with Crippen molar-refractivity contribution in [2.24, 2.45) is 17.6 Å². The zero-order valence-corrected chi connectivity index (χ0v) is 5.71. The molecule has 0 spiro atoms. The first-order chi connectivity index (χ1) is 4.33. The van der Waals surface area contributed by atoms with E-state index < -0.39 is 0 Å². The van der Waals surface area contributed by atoms with Crippen molar-refractivity contribution in [3.8, 4) is 0 Å². The number of ether oxygens (including phenoxy) is 1. The molecule has 0 aliphatic heterocycles. The van der Waals surface area contributed by atoms with Crippen LogP contribution in [-0.2, 0) is 4.74 Å². The molecule has 9 heavy (non-hydrogen) atoms. The molecule has 0 aromatic carbocycles. The topological polar surface area (TPSA) is 35.2 Å². The molecule has 2 saturated carbocycles. The molecule has 2 nitrogen and oxygen atoms in total. The summed E-state index contributed by atoms with van der Waals surface area (Å²) in [4.78, 5) is 0. The third-order valence-corrected chi connectivity index (χ3v) is 2.80. The highest BCUT2D eigenvalue weighted by Crippen LogP contribution is 2.51. The fraction of sp³-hybridized carbons (Fsp3) is 1.00. The summed E-state index contributed by atoms with van der Waals surface area (Å²) in [6.07, 6.45) is 2.95. The Labute approximate surface area is 55.4 Å². The summed E-state index contributed by atoms with van der Waals surface area (Å²) in [6.45, 7) is 0. The zero-order valence-electron chi connectivity index (χ0n) is 5.71. The number of methoxy groups -OCH3 is 1. The Balaban J connectivity index is 1.89. The maximum Gasteiger partial charge on any atom is 0.0578 e. The highest BCUT2D eigenvalue weighted by atomic mass is 16.5. The van der Waals surface area contributed by atoms with Crippen molar-refractivity contribution >= 4 is 0 Å². The fourth-order valence-corrected chi connectivity index (χ4v) is 2.03. The second-order valence-electron chi connectivity index (χ2n) is 3.23. The van der Waals surface area contributed by atoms with Crippen molar-refractivity contribution in [2.45, 2.75) is 25.0 Å². The van der Waals surface area contributed by atoms with Crippen LogP contribution in [0.1, 0.15) is 12.8 Å². The van der Waals surface area contributed by atoms with E-state index in [1.165, 1.54) is 12.8 Å². The van der Waals surface area contributed by atoms with E-state index in [0.717, 1.165) is 11.8 Å². The second kappa shape index (κ2) is 1.70. The van der Waals surface area contributed by atoms with E-state index >= 15 is 0 Å². The van der Waals surface area contributed by atoms with Crippen LogP contribution in [-0.4, -0.2) is 19.3 Å². The van der Waals surface area contributed by atoms with E-state index in [-0.39, 0.29) is 0 Å². The van der Waals surface area contributed by atoms with Crippen LogP contribution in [0.3, 0.4) is 0 Å². The van der Waals surface area contributed by atoms with Gasteiger partial charge in [-0.15, -0.1) is 0 Å². The van der Waals surface area contributed by atoms with E-state index in [1.807, 2.05) is 0 Å². The van der Waals surface area contributed by atoms with Gasteiger partial charge >= 0.3 is 0 Å². The summed E-state index contributed by atoms with van der Waals surface area (Å²) in [6, 6.07) is 0.524. The number of hydrogen-bond donors (Lipinski definition) is 1. The predicted molar refractivity (Wildman–Crippen MR) is 35.0 cm³/mol. The molecular formula is C7H13NO. The van der Waals surface area contributed by atoms with E-state index in [4.69, 9.17) is 10.5 Å². The quantitative estimate of drug-likeness (QED) is 0.552. The van der Waals surface area contributed by atoms with Gasteiger partial charge in [0.15, 0.2) is 0 Å². The van der Waals surface area contributed by atoms with E-state index in [9.17, 15) is 0 Å². The molecule has 2 rings (SSSR count). The maximum atomic E-state index is 5.73. The zero-order chi connectivity index (χ0) is 6.43. The molecule has 2 fully saturated rings. The van der Waals surface area contributed by atoms with Gasteiger partial charge < -0.3 is 10.5 Å². The molecule has 0 aromatic rings. The van der Waals surface area contributed by atoms with Crippen LogP contribution in [0, 0.1) is 11.8 Å². The molecule has 2 heteroatoms. The lowest BCUT2D eigenvalue weighted by Gasteiger charge is -2.09. The summed E-state index contributed by atoms with van der Waals surface area (Å²) in [5, 5.41) is 0. The lowest BCUT2D eigenvalue weighted by atomic mass is 10.2. The molecule has 52 valence electrons. The Hall–Kier alpha value is -0.0800. The first-order valence-electron chi connectivity index (χ1n) is 3.61. The van der Waals surface area contributed by atoms with Gasteiger partial charge in [-0.05, 0) is 24.7 Å². The van der Waals surface area contributed by atoms with Gasteiger partial charge in [-0.2, -0.15) is 0 Å². The summed E-state index contributed by atoms with van der Waals surface area (Å²) < 4.78 is 5.20. The summed E-state index contributed by atoms with van der Waals surface area (Å²) >= 11 is 0. The highest BCUT2D eigenvalue weighted by molar-refractivity contribution is 5.07. The first-order valence-corrected chi connectivity index (χ1v) is 3.61. The van der Waals surface area contributed by atoms with Crippen LogP contribution < -0.4 is 5.73 Å². The standard InChI is InChI=1S/C7H13NO/c1-9-4-2-5-6(3-4)7(5)8/h4-7H,2-3,8H2,1H3/t4?,5-,6+,7?. The molecule has 2 unspecified atom stereocenters. The van der Waals surface area contributed by atoms with Crippen molar-refractivity contribution in [3.63, 3.8) is 0 Å². The average molecular weight is 127 g/mol. The average Bonchev–Trinajstić information content (AvgIpc) is 2.32. The monoisotopic (exact) mass is 127 g/mol. The van der Waals surface area contributed by atoms with Gasteiger partial charge in [0.2, 0.25) is 0 Å². The Morgan fingerprint density at radius 2 is 1.89 bits per heavy atom. The van der Waals surface area contributed by atoms with E-state index in [0.29, 0.717) is 12.1 Å². The number of nitrogens with two attached hydrogens (primary N) is 1. The van der Waals surface area contributed by atoms with Crippen molar-refractivity contribution < 1.29 is 4.74 Å². The molecule has 2 N–H and O–H groups in total. The number of fused-ring (bicyclic) bond motifs is 1. The third kappa shape index (κ3) is 0.700. The van der Waals surface area contributed by atoms with Crippen LogP contribution in [0.5, 0.6) is 0 Å². The molecule has 0 amide bonds. The van der Waals surface area contributed by atoms with Gasteiger partial charge in [-0.3, -0.25) is 0 Å². The maximum absolute atomic E-state index is 5.73. The molecule has 0 heterocycles. The van der Waals surface area contributed by atoms with E-state index in [2.05, 4.69) is 0 Å². The minimum Gasteiger partial charge on any atom is -0.381 e. The molecule has 2 aliphatic carbocycles. The summed E-state index contributed by atoms with van der Waals surface area (Å²) in [5.41, 5.74) is 5.73.